The average Bonchev–Trinajstić information content (AvgIpc) is 3.92. The molecule has 10 heteroatoms. The van der Waals surface area contributed by atoms with E-state index in [4.69, 9.17) is 29.9 Å². The number of rotatable bonds is 8. The van der Waals surface area contributed by atoms with Gasteiger partial charge in [0.25, 0.3) is 0 Å². The topological polar surface area (TPSA) is 113 Å². The van der Waals surface area contributed by atoms with Crippen molar-refractivity contribution in [2.75, 3.05) is 0 Å². The van der Waals surface area contributed by atoms with Crippen molar-refractivity contribution < 1.29 is 0 Å². The Hall–Kier alpha value is -9.54. The summed E-state index contributed by atoms with van der Waals surface area (Å²) in [4.78, 5) is 39.2. The Balaban J connectivity index is 1.15. The summed E-state index contributed by atoms with van der Waals surface area (Å²) < 4.78 is 4.78. The largest absolute Gasteiger partial charge is 0.309 e. The molecule has 0 fully saturated rings. The molecule has 0 saturated carbocycles. The number of aromatic nitrogens is 10. The third-order valence-electron chi connectivity index (χ3n) is 13.4. The number of para-hydroxylation sites is 3. The minimum absolute atomic E-state index is 0.607. The Morgan fingerprint density at radius 1 is 0.278 bits per heavy atom. The van der Waals surface area contributed by atoms with Gasteiger partial charge in [0, 0.05) is 60.5 Å². The van der Waals surface area contributed by atoms with Gasteiger partial charge in [-0.2, -0.15) is 0 Å². The second-order valence-electron chi connectivity index (χ2n) is 18.1. The number of aryl methyl sites for hydroxylation is 4. The third-order valence-corrected chi connectivity index (χ3v) is 13.4. The van der Waals surface area contributed by atoms with Gasteiger partial charge in [-0.3, -0.25) is 0 Å². The van der Waals surface area contributed by atoms with E-state index in [1.807, 2.05) is 39.8 Å². The molecule has 0 aliphatic rings. The molecule has 0 aliphatic carbocycles. The van der Waals surface area contributed by atoms with E-state index in [2.05, 4.69) is 201 Å². The number of hydrogen-bond donors (Lipinski definition) is 0. The lowest BCUT2D eigenvalue weighted by atomic mass is 9.94. The summed E-state index contributed by atoms with van der Waals surface area (Å²) >= 11 is 0. The summed E-state index contributed by atoms with van der Waals surface area (Å²) in [6.45, 7) is 7.62. The third kappa shape index (κ3) is 7.27. The fraction of sp³-hybridized carbons (Fsp3) is 0.0645. The van der Waals surface area contributed by atoms with Crippen molar-refractivity contribution in [3.8, 4) is 79.2 Å². The molecule has 5 aromatic heterocycles. The standard InChI is InChI=1S/C62H44N10/c1-37-63-38(2)66-60(65-37)43-30-32-56-49(34-43)50-35-44(61-67-39(3)64-40(4)68-61)31-33-57(50)72(56)58-29-17-25-48(62-69-51(41-18-7-5-8-19-41)36-52(70-62)42-20-9-6-10-21-42)59(58)47-24-13-16-28-55(47)71-53-26-14-11-22-45(53)46-23-12-15-27-54(46)71/h5-36H,1-4H3. The maximum Gasteiger partial charge on any atom is 0.163 e. The van der Waals surface area contributed by atoms with Crippen molar-refractivity contribution in [3.63, 3.8) is 0 Å². The van der Waals surface area contributed by atoms with Gasteiger partial charge in [0.2, 0.25) is 0 Å². The zero-order valence-electron chi connectivity index (χ0n) is 39.9. The minimum Gasteiger partial charge on any atom is -0.309 e. The van der Waals surface area contributed by atoms with Crippen LogP contribution < -0.4 is 0 Å². The van der Waals surface area contributed by atoms with Crippen LogP contribution >= 0.6 is 0 Å². The van der Waals surface area contributed by atoms with Gasteiger partial charge in [-0.25, -0.2) is 39.9 Å². The van der Waals surface area contributed by atoms with Crippen LogP contribution in [0.5, 0.6) is 0 Å². The van der Waals surface area contributed by atoms with Gasteiger partial charge in [0.15, 0.2) is 17.5 Å². The molecule has 342 valence electrons. The zero-order valence-corrected chi connectivity index (χ0v) is 39.9. The lowest BCUT2D eigenvalue weighted by Gasteiger charge is -2.21. The van der Waals surface area contributed by atoms with Crippen LogP contribution in [0.2, 0.25) is 0 Å². The molecule has 0 spiro atoms. The molecule has 10 nitrogen and oxygen atoms in total. The molecule has 0 bridgehead atoms. The normalized spacial score (nSPS) is 11.6. The SMILES string of the molecule is Cc1nc(C)nc(-c2ccc3c(c2)c2cc(-c4nc(C)nc(C)n4)ccc2n3-c2cccc(-c3nc(-c4ccccc4)cc(-c4ccccc4)n3)c2-c2ccccc2-n2c3ccccc3c3ccccc32)n1. The highest BCUT2D eigenvalue weighted by Crippen LogP contribution is 2.45. The molecule has 13 aromatic rings. The van der Waals surface area contributed by atoms with Crippen LogP contribution in [0.25, 0.3) is 123 Å². The van der Waals surface area contributed by atoms with E-state index >= 15 is 0 Å². The van der Waals surface area contributed by atoms with Gasteiger partial charge in [-0.1, -0.05) is 127 Å². The van der Waals surface area contributed by atoms with Crippen LogP contribution in [-0.4, -0.2) is 49.0 Å². The molecule has 13 rings (SSSR count). The van der Waals surface area contributed by atoms with Crippen molar-refractivity contribution >= 4 is 43.6 Å². The Morgan fingerprint density at radius 2 is 0.694 bits per heavy atom. The van der Waals surface area contributed by atoms with Crippen molar-refractivity contribution in [2.24, 2.45) is 0 Å². The van der Waals surface area contributed by atoms with Gasteiger partial charge < -0.3 is 9.13 Å². The minimum atomic E-state index is 0.607. The first-order valence-corrected chi connectivity index (χ1v) is 24.0. The summed E-state index contributed by atoms with van der Waals surface area (Å²) in [6, 6.07) is 68.4. The molecule has 0 aliphatic heterocycles. The van der Waals surface area contributed by atoms with Crippen molar-refractivity contribution in [1.82, 2.24) is 49.0 Å². The van der Waals surface area contributed by atoms with E-state index in [9.17, 15) is 0 Å². The molecule has 0 radical (unpaired) electrons. The molecule has 72 heavy (non-hydrogen) atoms. The maximum absolute atomic E-state index is 5.48. The number of nitrogens with zero attached hydrogens (tertiary/aromatic N) is 10. The Bertz CT molecular complexity index is 4010. The first-order chi connectivity index (χ1) is 35.3. The highest BCUT2D eigenvalue weighted by atomic mass is 15.0. The van der Waals surface area contributed by atoms with E-state index in [1.54, 1.807) is 0 Å². The van der Waals surface area contributed by atoms with E-state index in [0.717, 1.165) is 94.5 Å². The number of hydrogen-bond acceptors (Lipinski definition) is 8. The monoisotopic (exact) mass is 928 g/mol. The van der Waals surface area contributed by atoms with E-state index < -0.39 is 0 Å². The fourth-order valence-electron chi connectivity index (χ4n) is 10.4. The molecule has 0 amide bonds. The maximum atomic E-state index is 5.48. The van der Waals surface area contributed by atoms with Crippen LogP contribution in [0.4, 0.5) is 0 Å². The van der Waals surface area contributed by atoms with Gasteiger partial charge in [-0.05, 0) is 94.4 Å². The molecule has 8 aromatic carbocycles. The zero-order chi connectivity index (χ0) is 48.5. The first kappa shape index (κ1) is 42.6. The smallest absolute Gasteiger partial charge is 0.163 e. The van der Waals surface area contributed by atoms with Crippen molar-refractivity contribution in [1.29, 1.82) is 0 Å². The van der Waals surface area contributed by atoms with Crippen LogP contribution in [0.15, 0.2) is 194 Å². The van der Waals surface area contributed by atoms with Gasteiger partial charge in [0.05, 0.1) is 44.8 Å². The molecule has 0 unspecified atom stereocenters. The Morgan fingerprint density at radius 3 is 1.22 bits per heavy atom. The van der Waals surface area contributed by atoms with Gasteiger partial charge >= 0.3 is 0 Å². The summed E-state index contributed by atoms with van der Waals surface area (Å²) in [6.07, 6.45) is 0. The van der Waals surface area contributed by atoms with Crippen LogP contribution in [0, 0.1) is 27.7 Å². The summed E-state index contributed by atoms with van der Waals surface area (Å²) in [7, 11) is 0. The quantitative estimate of drug-likeness (QED) is 0.148. The molecule has 0 saturated heterocycles. The van der Waals surface area contributed by atoms with Gasteiger partial charge in [0.1, 0.15) is 23.3 Å². The molecule has 5 heterocycles. The number of fused-ring (bicyclic) bond motifs is 6. The average molecular weight is 929 g/mol. The first-order valence-electron chi connectivity index (χ1n) is 24.0. The Labute approximate surface area is 415 Å². The van der Waals surface area contributed by atoms with Crippen LogP contribution in [0.3, 0.4) is 0 Å². The predicted molar refractivity (Wildman–Crippen MR) is 289 cm³/mol. The van der Waals surface area contributed by atoms with Crippen LogP contribution in [-0.2, 0) is 0 Å². The van der Waals surface area contributed by atoms with Gasteiger partial charge in [-0.15, -0.1) is 0 Å². The van der Waals surface area contributed by atoms with E-state index in [0.29, 0.717) is 40.8 Å². The summed E-state index contributed by atoms with van der Waals surface area (Å²) in [5.74, 6) is 4.52. The van der Waals surface area contributed by atoms with Crippen molar-refractivity contribution in [2.45, 2.75) is 27.7 Å². The van der Waals surface area contributed by atoms with Crippen LogP contribution in [0.1, 0.15) is 23.3 Å². The highest BCUT2D eigenvalue weighted by Gasteiger charge is 2.25. The van der Waals surface area contributed by atoms with E-state index in [1.165, 1.54) is 10.8 Å². The Kier molecular flexibility index (Phi) is 10.1. The lowest BCUT2D eigenvalue weighted by molar-refractivity contribution is 0.928. The lowest BCUT2D eigenvalue weighted by Crippen LogP contribution is -2.05. The summed E-state index contributed by atoms with van der Waals surface area (Å²) in [5.41, 5.74) is 14.5. The second kappa shape index (κ2) is 17.1. The highest BCUT2D eigenvalue weighted by molar-refractivity contribution is 6.13. The second-order valence-corrected chi connectivity index (χ2v) is 18.1. The summed E-state index contributed by atoms with van der Waals surface area (Å²) in [5, 5.41) is 4.40. The molecular weight excluding hydrogens is 885 g/mol. The van der Waals surface area contributed by atoms with Crippen molar-refractivity contribution in [3.05, 3.63) is 217 Å². The molecule has 0 atom stereocenters. The van der Waals surface area contributed by atoms with E-state index in [-0.39, 0.29) is 0 Å². The number of benzene rings is 8. The molecular formula is C62H44N10. The molecule has 0 N–H and O–H groups in total. The predicted octanol–water partition coefficient (Wildman–Crippen LogP) is 14.3. The fourth-order valence-corrected chi connectivity index (χ4v) is 10.4.